The van der Waals surface area contributed by atoms with Gasteiger partial charge in [-0.3, -0.25) is 4.79 Å². The first-order valence-electron chi connectivity index (χ1n) is 10.2. The van der Waals surface area contributed by atoms with Crippen LogP contribution in [0.2, 0.25) is 5.02 Å². The molecule has 0 atom stereocenters. The van der Waals surface area contributed by atoms with Crippen molar-refractivity contribution >= 4 is 40.5 Å². The largest absolute Gasteiger partial charge is 0.507 e. The van der Waals surface area contributed by atoms with E-state index in [0.717, 1.165) is 10.8 Å². The predicted molar refractivity (Wildman–Crippen MR) is 130 cm³/mol. The number of nitrogens with one attached hydrogen (secondary N) is 1. The Balaban J connectivity index is 1.46. The molecule has 0 saturated carbocycles. The van der Waals surface area contributed by atoms with Crippen LogP contribution in [0.1, 0.15) is 26.3 Å². The van der Waals surface area contributed by atoms with E-state index in [1.54, 1.807) is 48.5 Å². The van der Waals surface area contributed by atoms with Crippen molar-refractivity contribution in [2.75, 3.05) is 7.11 Å². The van der Waals surface area contributed by atoms with Gasteiger partial charge < -0.3 is 14.6 Å². The minimum atomic E-state index is -0.618. The maximum atomic E-state index is 12.5. The van der Waals surface area contributed by atoms with Crippen LogP contribution in [0, 0.1) is 0 Å². The molecule has 0 bridgehead atoms. The van der Waals surface area contributed by atoms with E-state index in [4.69, 9.17) is 21.1 Å². The first kappa shape index (κ1) is 22.8. The number of benzene rings is 4. The van der Waals surface area contributed by atoms with E-state index in [-0.39, 0.29) is 27.6 Å². The number of amides is 1. The fourth-order valence-electron chi connectivity index (χ4n) is 3.27. The molecule has 7 nitrogen and oxygen atoms in total. The van der Waals surface area contributed by atoms with Crippen molar-refractivity contribution in [3.63, 3.8) is 0 Å². The number of ether oxygens (including phenoxy) is 2. The predicted octanol–water partition coefficient (Wildman–Crippen LogP) is 5.19. The summed E-state index contributed by atoms with van der Waals surface area (Å²) in [5.74, 6) is -0.820. The molecule has 0 unspecified atom stereocenters. The Hall–Kier alpha value is -4.36. The molecule has 170 valence electrons. The van der Waals surface area contributed by atoms with Crippen LogP contribution in [0.5, 0.6) is 17.2 Å². The molecule has 0 aliphatic heterocycles. The summed E-state index contributed by atoms with van der Waals surface area (Å²) in [6.07, 6.45) is 1.40. The van der Waals surface area contributed by atoms with E-state index in [0.29, 0.717) is 11.3 Å². The zero-order chi connectivity index (χ0) is 24.1. The monoisotopic (exact) mass is 474 g/mol. The fourth-order valence-corrected chi connectivity index (χ4v) is 3.48. The van der Waals surface area contributed by atoms with Crippen LogP contribution in [0.3, 0.4) is 0 Å². The van der Waals surface area contributed by atoms with Crippen molar-refractivity contribution in [2.24, 2.45) is 5.10 Å². The number of hydrogen-bond acceptors (Lipinski definition) is 6. The number of hydrazone groups is 1. The summed E-state index contributed by atoms with van der Waals surface area (Å²) in [4.78, 5) is 24.9. The lowest BCUT2D eigenvalue weighted by Gasteiger charge is -2.10. The third kappa shape index (κ3) is 5.00. The van der Waals surface area contributed by atoms with Crippen LogP contribution in [0.4, 0.5) is 0 Å². The van der Waals surface area contributed by atoms with Crippen LogP contribution in [0.25, 0.3) is 10.8 Å². The van der Waals surface area contributed by atoms with E-state index in [1.807, 2.05) is 24.3 Å². The van der Waals surface area contributed by atoms with Crippen LogP contribution in [-0.4, -0.2) is 30.3 Å². The van der Waals surface area contributed by atoms with E-state index in [2.05, 4.69) is 10.5 Å². The molecule has 0 aromatic heterocycles. The van der Waals surface area contributed by atoms with Gasteiger partial charge >= 0.3 is 5.97 Å². The second kappa shape index (κ2) is 10.1. The van der Waals surface area contributed by atoms with E-state index >= 15 is 0 Å². The molecule has 0 aliphatic rings. The first-order chi connectivity index (χ1) is 16.5. The number of aromatic hydroxyl groups is 1. The van der Waals surface area contributed by atoms with Gasteiger partial charge in [-0.25, -0.2) is 10.2 Å². The van der Waals surface area contributed by atoms with Gasteiger partial charge in [-0.1, -0.05) is 48.0 Å². The number of methoxy groups -OCH3 is 1. The summed E-state index contributed by atoms with van der Waals surface area (Å²) in [7, 11) is 1.44. The standard InChI is InChI=1S/C26H19ClN2O5/c1-33-24-12-16(10-11-23(24)34-26(32)19-8-4-5-9-21(19)27)15-28-29-25(31)20-13-17-6-2-3-7-18(17)14-22(20)30/h2-15,30H,1H3,(H,29,31). The van der Waals surface area contributed by atoms with Gasteiger partial charge in [0.1, 0.15) is 5.75 Å². The maximum Gasteiger partial charge on any atom is 0.345 e. The zero-order valence-corrected chi connectivity index (χ0v) is 18.7. The lowest BCUT2D eigenvalue weighted by molar-refractivity contribution is 0.0729. The smallest absolute Gasteiger partial charge is 0.345 e. The van der Waals surface area contributed by atoms with E-state index in [9.17, 15) is 14.7 Å². The van der Waals surface area contributed by atoms with Crippen LogP contribution < -0.4 is 14.9 Å². The molecule has 0 saturated heterocycles. The minimum Gasteiger partial charge on any atom is -0.507 e. The molecule has 4 rings (SSSR count). The second-order valence-electron chi connectivity index (χ2n) is 7.20. The minimum absolute atomic E-state index is 0.107. The van der Waals surface area contributed by atoms with Crippen LogP contribution in [0.15, 0.2) is 84.0 Å². The number of phenols is 1. The van der Waals surface area contributed by atoms with Crippen molar-refractivity contribution in [3.05, 3.63) is 101 Å². The Bertz CT molecular complexity index is 1420. The van der Waals surface area contributed by atoms with Crippen molar-refractivity contribution in [1.82, 2.24) is 5.43 Å². The molecule has 0 aliphatic carbocycles. The summed E-state index contributed by atoms with van der Waals surface area (Å²) in [6.45, 7) is 0. The average Bonchev–Trinajstić information content (AvgIpc) is 2.84. The molecule has 34 heavy (non-hydrogen) atoms. The van der Waals surface area contributed by atoms with Gasteiger partial charge in [0.15, 0.2) is 11.5 Å². The highest BCUT2D eigenvalue weighted by Gasteiger charge is 2.15. The summed E-state index contributed by atoms with van der Waals surface area (Å²) < 4.78 is 10.7. The van der Waals surface area contributed by atoms with Crippen molar-refractivity contribution in [2.45, 2.75) is 0 Å². The molecular formula is C26H19ClN2O5. The van der Waals surface area contributed by atoms with E-state index in [1.165, 1.54) is 19.4 Å². The van der Waals surface area contributed by atoms with Crippen LogP contribution in [-0.2, 0) is 0 Å². The van der Waals surface area contributed by atoms with Gasteiger partial charge in [0.25, 0.3) is 5.91 Å². The summed E-state index contributed by atoms with van der Waals surface area (Å²) in [5, 5.41) is 16.1. The number of carbonyl (C=O) groups excluding carboxylic acids is 2. The highest BCUT2D eigenvalue weighted by molar-refractivity contribution is 6.33. The number of rotatable bonds is 6. The Labute approximate surface area is 200 Å². The summed E-state index contributed by atoms with van der Waals surface area (Å²) >= 11 is 6.05. The summed E-state index contributed by atoms with van der Waals surface area (Å²) in [5.41, 5.74) is 3.32. The fraction of sp³-hybridized carbons (Fsp3) is 0.0385. The first-order valence-corrected chi connectivity index (χ1v) is 10.5. The Morgan fingerprint density at radius 2 is 1.62 bits per heavy atom. The van der Waals surface area contributed by atoms with Gasteiger partial charge in [0.2, 0.25) is 0 Å². The van der Waals surface area contributed by atoms with Crippen molar-refractivity contribution in [3.8, 4) is 17.2 Å². The number of nitrogens with zero attached hydrogens (tertiary/aromatic N) is 1. The molecule has 0 radical (unpaired) electrons. The third-order valence-corrected chi connectivity index (χ3v) is 5.30. The Morgan fingerprint density at radius 3 is 2.35 bits per heavy atom. The quantitative estimate of drug-likeness (QED) is 0.173. The molecule has 0 fully saturated rings. The molecule has 2 N–H and O–H groups in total. The SMILES string of the molecule is COc1cc(C=NNC(=O)c2cc3ccccc3cc2O)ccc1OC(=O)c1ccccc1Cl. The number of carbonyl (C=O) groups is 2. The van der Waals surface area contributed by atoms with Crippen LogP contribution >= 0.6 is 11.6 Å². The summed E-state index contributed by atoms with van der Waals surface area (Å²) in [6, 6.07) is 21.9. The van der Waals surface area contributed by atoms with Gasteiger partial charge in [0.05, 0.1) is 29.5 Å². The third-order valence-electron chi connectivity index (χ3n) is 4.97. The lowest BCUT2D eigenvalue weighted by Crippen LogP contribution is -2.17. The highest BCUT2D eigenvalue weighted by atomic mass is 35.5. The van der Waals surface area contributed by atoms with Gasteiger partial charge in [-0.05, 0) is 58.8 Å². The topological polar surface area (TPSA) is 97.2 Å². The lowest BCUT2D eigenvalue weighted by atomic mass is 10.1. The molecule has 4 aromatic rings. The number of phenolic OH excluding ortho intramolecular Hbond substituents is 1. The number of fused-ring (bicyclic) bond motifs is 1. The normalized spacial score (nSPS) is 10.9. The molecule has 0 spiro atoms. The Morgan fingerprint density at radius 1 is 0.912 bits per heavy atom. The van der Waals surface area contributed by atoms with Gasteiger partial charge in [-0.2, -0.15) is 5.10 Å². The number of esters is 1. The van der Waals surface area contributed by atoms with Crippen molar-refractivity contribution in [1.29, 1.82) is 0 Å². The zero-order valence-electron chi connectivity index (χ0n) is 18.0. The second-order valence-corrected chi connectivity index (χ2v) is 7.60. The molecule has 1 amide bonds. The van der Waals surface area contributed by atoms with Crippen molar-refractivity contribution < 1.29 is 24.2 Å². The van der Waals surface area contributed by atoms with Gasteiger partial charge in [-0.15, -0.1) is 0 Å². The maximum absolute atomic E-state index is 12.5. The molecule has 8 heteroatoms. The number of hydrogen-bond donors (Lipinski definition) is 2. The average molecular weight is 475 g/mol. The highest BCUT2D eigenvalue weighted by Crippen LogP contribution is 2.29. The van der Waals surface area contributed by atoms with Gasteiger partial charge in [0, 0.05) is 0 Å². The number of halogens is 1. The Kier molecular flexibility index (Phi) is 6.75. The van der Waals surface area contributed by atoms with E-state index < -0.39 is 11.9 Å². The molecule has 4 aromatic carbocycles. The molecular weight excluding hydrogens is 456 g/mol. The molecule has 0 heterocycles.